The number of rotatable bonds is 1. The highest BCUT2D eigenvalue weighted by molar-refractivity contribution is 5.12. The van der Waals surface area contributed by atoms with E-state index in [-0.39, 0.29) is 6.01 Å². The van der Waals surface area contributed by atoms with E-state index < -0.39 is 5.76 Å². The second kappa shape index (κ2) is 1.69. The van der Waals surface area contributed by atoms with Crippen molar-refractivity contribution in [2.24, 2.45) is 0 Å². The maximum atomic E-state index is 10.1. The first kappa shape index (κ1) is 4.89. The summed E-state index contributed by atoms with van der Waals surface area (Å²) >= 11 is 0. The monoisotopic (exact) mass is 115 g/mol. The Bertz CT molecular complexity index is 212. The van der Waals surface area contributed by atoms with Gasteiger partial charge in [0, 0.05) is 7.05 Å². The van der Waals surface area contributed by atoms with Crippen LogP contribution in [-0.4, -0.2) is 17.2 Å². The molecule has 1 heterocycles. The van der Waals surface area contributed by atoms with Crippen LogP contribution < -0.4 is 11.1 Å². The molecule has 0 saturated heterocycles. The van der Waals surface area contributed by atoms with Gasteiger partial charge in [-0.1, -0.05) is 0 Å². The van der Waals surface area contributed by atoms with Gasteiger partial charge in [0.2, 0.25) is 0 Å². The number of aromatic nitrogens is 2. The van der Waals surface area contributed by atoms with Crippen molar-refractivity contribution in [2.45, 2.75) is 0 Å². The van der Waals surface area contributed by atoms with Gasteiger partial charge in [0.1, 0.15) is 0 Å². The number of nitrogens with zero attached hydrogens (tertiary/aromatic N) is 1. The topological polar surface area (TPSA) is 70.9 Å². The highest BCUT2D eigenvalue weighted by Crippen LogP contribution is 1.88. The summed E-state index contributed by atoms with van der Waals surface area (Å²) in [4.78, 5) is 10.1. The third-order valence-electron chi connectivity index (χ3n) is 0.652. The fourth-order valence-corrected chi connectivity index (χ4v) is 0.337. The van der Waals surface area contributed by atoms with E-state index in [1.807, 2.05) is 0 Å². The predicted molar refractivity (Wildman–Crippen MR) is 26.7 cm³/mol. The van der Waals surface area contributed by atoms with E-state index >= 15 is 0 Å². The van der Waals surface area contributed by atoms with E-state index in [0.29, 0.717) is 0 Å². The lowest BCUT2D eigenvalue weighted by atomic mass is 11.1. The van der Waals surface area contributed by atoms with E-state index in [1.165, 1.54) is 0 Å². The summed E-state index contributed by atoms with van der Waals surface area (Å²) in [6.45, 7) is 0. The Kier molecular flexibility index (Phi) is 1.03. The quantitative estimate of drug-likeness (QED) is 0.513. The summed E-state index contributed by atoms with van der Waals surface area (Å²) in [7, 11) is 1.61. The Labute approximate surface area is 44.7 Å². The molecule has 0 aliphatic carbocycles. The zero-order valence-electron chi connectivity index (χ0n) is 4.26. The molecule has 0 saturated carbocycles. The summed E-state index contributed by atoms with van der Waals surface area (Å²) in [5, 5.41) is 8.04. The molecule has 0 fully saturated rings. The van der Waals surface area contributed by atoms with Crippen LogP contribution in [0, 0.1) is 0 Å². The van der Waals surface area contributed by atoms with Crippen LogP contribution in [-0.2, 0) is 0 Å². The summed E-state index contributed by atoms with van der Waals surface area (Å²) in [5.41, 5.74) is 0. The summed E-state index contributed by atoms with van der Waals surface area (Å²) < 4.78 is 4.40. The van der Waals surface area contributed by atoms with Gasteiger partial charge in [0.05, 0.1) is 0 Å². The molecule has 1 aromatic heterocycles. The van der Waals surface area contributed by atoms with Gasteiger partial charge < -0.3 is 9.73 Å². The smallest absolute Gasteiger partial charge is 0.373 e. The first-order valence-corrected chi connectivity index (χ1v) is 2.06. The molecule has 0 bridgehead atoms. The molecule has 44 valence electrons. The predicted octanol–water partition coefficient (Wildman–Crippen LogP) is -0.595. The maximum absolute atomic E-state index is 10.1. The van der Waals surface area contributed by atoms with Crippen LogP contribution in [0.2, 0.25) is 0 Å². The van der Waals surface area contributed by atoms with Crippen molar-refractivity contribution >= 4 is 6.01 Å². The molecule has 0 aliphatic rings. The van der Waals surface area contributed by atoms with Gasteiger partial charge in [0.15, 0.2) is 0 Å². The third-order valence-corrected chi connectivity index (χ3v) is 0.652. The van der Waals surface area contributed by atoms with Crippen molar-refractivity contribution in [1.29, 1.82) is 0 Å². The van der Waals surface area contributed by atoms with Gasteiger partial charge in [-0.25, -0.2) is 9.89 Å². The summed E-state index contributed by atoms with van der Waals surface area (Å²) in [6.07, 6.45) is 0. The zero-order valence-corrected chi connectivity index (χ0v) is 4.26. The fraction of sp³-hybridized carbons (Fsp3) is 0.333. The molecule has 8 heavy (non-hydrogen) atoms. The average Bonchev–Trinajstić information content (AvgIpc) is 2.14. The molecule has 1 aromatic rings. The van der Waals surface area contributed by atoms with Gasteiger partial charge in [-0.3, -0.25) is 0 Å². The van der Waals surface area contributed by atoms with Gasteiger partial charge >= 0.3 is 11.8 Å². The highest BCUT2D eigenvalue weighted by atomic mass is 16.4. The SMILES string of the molecule is CNc1n[nH]c(=O)o1. The molecule has 1 rings (SSSR count). The first-order valence-electron chi connectivity index (χ1n) is 2.06. The summed E-state index contributed by atoms with van der Waals surface area (Å²) in [6, 6.07) is 0.204. The Hall–Kier alpha value is -1.26. The Morgan fingerprint density at radius 3 is 2.88 bits per heavy atom. The zero-order chi connectivity index (χ0) is 5.98. The van der Waals surface area contributed by atoms with E-state index in [9.17, 15) is 4.79 Å². The van der Waals surface area contributed by atoms with E-state index in [1.54, 1.807) is 7.05 Å². The standard InChI is InChI=1S/C3H5N3O2/c1-4-2-5-6-3(7)8-2/h1H3,(H,4,5)(H,6,7). The molecule has 0 spiro atoms. The van der Waals surface area contributed by atoms with Crippen molar-refractivity contribution in [3.63, 3.8) is 0 Å². The molecular weight excluding hydrogens is 110 g/mol. The molecule has 0 radical (unpaired) electrons. The number of aromatic amines is 1. The Balaban J connectivity index is 3.01. The number of H-pyrrole nitrogens is 1. The van der Waals surface area contributed by atoms with Crippen molar-refractivity contribution < 1.29 is 4.42 Å². The average molecular weight is 115 g/mol. The minimum absolute atomic E-state index is 0.204. The molecule has 0 unspecified atom stereocenters. The molecule has 0 aromatic carbocycles. The van der Waals surface area contributed by atoms with Gasteiger partial charge in [-0.2, -0.15) is 0 Å². The number of hydrogen-bond acceptors (Lipinski definition) is 4. The molecule has 5 nitrogen and oxygen atoms in total. The molecule has 2 N–H and O–H groups in total. The molecule has 0 atom stereocenters. The first-order chi connectivity index (χ1) is 3.83. The van der Waals surface area contributed by atoms with Crippen molar-refractivity contribution in [3.05, 3.63) is 10.6 Å². The molecule has 0 amide bonds. The fourth-order valence-electron chi connectivity index (χ4n) is 0.337. The van der Waals surface area contributed by atoms with Crippen molar-refractivity contribution in [2.75, 3.05) is 12.4 Å². The third kappa shape index (κ3) is 0.699. The lowest BCUT2D eigenvalue weighted by Gasteiger charge is -1.81. The maximum Gasteiger partial charge on any atom is 0.435 e. The van der Waals surface area contributed by atoms with Gasteiger partial charge in [-0.15, -0.1) is 5.10 Å². The van der Waals surface area contributed by atoms with Crippen LogP contribution in [0.5, 0.6) is 0 Å². The van der Waals surface area contributed by atoms with Crippen LogP contribution in [0.1, 0.15) is 0 Å². The highest BCUT2D eigenvalue weighted by Gasteiger charge is 1.92. The minimum Gasteiger partial charge on any atom is -0.373 e. The molecule has 0 aliphatic heterocycles. The van der Waals surface area contributed by atoms with E-state index in [0.717, 1.165) is 0 Å². The number of anilines is 1. The van der Waals surface area contributed by atoms with Crippen LogP contribution in [0.15, 0.2) is 9.21 Å². The Morgan fingerprint density at radius 2 is 2.62 bits per heavy atom. The van der Waals surface area contributed by atoms with Crippen molar-refractivity contribution in [1.82, 2.24) is 10.2 Å². The second-order valence-electron chi connectivity index (χ2n) is 1.17. The number of nitrogens with one attached hydrogen (secondary N) is 2. The normalized spacial score (nSPS) is 9.12. The van der Waals surface area contributed by atoms with Crippen LogP contribution >= 0.6 is 0 Å². The lowest BCUT2D eigenvalue weighted by molar-refractivity contribution is 0.528. The second-order valence-corrected chi connectivity index (χ2v) is 1.17. The van der Waals surface area contributed by atoms with Crippen LogP contribution in [0.3, 0.4) is 0 Å². The molecule has 5 heteroatoms. The van der Waals surface area contributed by atoms with Gasteiger partial charge in [0.25, 0.3) is 0 Å². The van der Waals surface area contributed by atoms with Crippen molar-refractivity contribution in [3.8, 4) is 0 Å². The lowest BCUT2D eigenvalue weighted by Crippen LogP contribution is -1.93. The van der Waals surface area contributed by atoms with Crippen LogP contribution in [0.25, 0.3) is 0 Å². The largest absolute Gasteiger partial charge is 0.435 e. The van der Waals surface area contributed by atoms with E-state index in [2.05, 4.69) is 19.9 Å². The van der Waals surface area contributed by atoms with Gasteiger partial charge in [-0.05, 0) is 0 Å². The Morgan fingerprint density at radius 1 is 1.88 bits per heavy atom. The summed E-state index contributed by atoms with van der Waals surface area (Å²) in [5.74, 6) is -0.547. The number of hydrogen-bond donors (Lipinski definition) is 2. The van der Waals surface area contributed by atoms with E-state index in [4.69, 9.17) is 0 Å². The molecular formula is C3H5N3O2. The van der Waals surface area contributed by atoms with Crippen LogP contribution in [0.4, 0.5) is 6.01 Å². The minimum atomic E-state index is -0.547.